The van der Waals surface area contributed by atoms with E-state index in [1.54, 1.807) is 0 Å². The van der Waals surface area contributed by atoms with E-state index < -0.39 is 0 Å². The molecule has 1 aliphatic carbocycles. The number of H-pyrrole nitrogens is 1. The van der Waals surface area contributed by atoms with Crippen molar-refractivity contribution in [1.82, 2.24) is 30.8 Å². The summed E-state index contributed by atoms with van der Waals surface area (Å²) in [5, 5.41) is 14.5. The van der Waals surface area contributed by atoms with Gasteiger partial charge in [-0.3, -0.25) is 9.89 Å². The monoisotopic (exact) mass is 344 g/mol. The van der Waals surface area contributed by atoms with Crippen LogP contribution in [0.2, 0.25) is 0 Å². The highest BCUT2D eigenvalue weighted by Crippen LogP contribution is 2.32. The number of hydrogen-bond donors (Lipinski definition) is 3. The smallest absolute Gasteiger partial charge is 0.269 e. The van der Waals surface area contributed by atoms with Gasteiger partial charge in [-0.05, 0) is 50.6 Å². The summed E-state index contributed by atoms with van der Waals surface area (Å²) in [4.78, 5) is 21.6. The maximum atomic E-state index is 12.6. The molecule has 8 heteroatoms. The molecule has 1 fully saturated rings. The van der Waals surface area contributed by atoms with E-state index in [4.69, 9.17) is 0 Å². The summed E-state index contributed by atoms with van der Waals surface area (Å²) in [7, 11) is 0. The van der Waals surface area contributed by atoms with E-state index >= 15 is 0 Å². The van der Waals surface area contributed by atoms with Gasteiger partial charge < -0.3 is 10.6 Å². The number of nitrogens with one attached hydrogen (secondary N) is 3. The van der Waals surface area contributed by atoms with Gasteiger partial charge in [-0.25, -0.2) is 9.97 Å². The SMILES string of the molecule is CSc1ncc2c(n1)-c1n[nH]c(C(=O)NC3CCNCC3)c1CC2. The maximum absolute atomic E-state index is 12.6. The minimum absolute atomic E-state index is 0.0572. The van der Waals surface area contributed by atoms with Crippen molar-refractivity contribution in [3.63, 3.8) is 0 Å². The van der Waals surface area contributed by atoms with Gasteiger partial charge in [-0.2, -0.15) is 5.10 Å². The highest BCUT2D eigenvalue weighted by Gasteiger charge is 2.28. The number of aryl methyl sites for hydroxylation is 1. The van der Waals surface area contributed by atoms with E-state index in [1.165, 1.54) is 11.8 Å². The van der Waals surface area contributed by atoms with E-state index in [2.05, 4.69) is 30.8 Å². The van der Waals surface area contributed by atoms with Crippen LogP contribution in [0, 0.1) is 0 Å². The first-order valence-corrected chi connectivity index (χ1v) is 9.48. The van der Waals surface area contributed by atoms with Gasteiger partial charge in [0.15, 0.2) is 5.16 Å². The highest BCUT2D eigenvalue weighted by atomic mass is 32.2. The molecule has 0 unspecified atom stereocenters. The van der Waals surface area contributed by atoms with E-state index in [1.807, 2.05) is 12.5 Å². The summed E-state index contributed by atoms with van der Waals surface area (Å²) < 4.78 is 0. The number of aromatic nitrogens is 4. The Hall–Kier alpha value is -1.93. The number of amides is 1. The van der Waals surface area contributed by atoms with Crippen molar-refractivity contribution in [2.75, 3.05) is 19.3 Å². The first-order valence-electron chi connectivity index (χ1n) is 8.25. The van der Waals surface area contributed by atoms with Gasteiger partial charge in [0, 0.05) is 17.8 Å². The van der Waals surface area contributed by atoms with Crippen molar-refractivity contribution in [1.29, 1.82) is 0 Å². The molecular formula is C16H20N6OS. The number of aromatic amines is 1. The van der Waals surface area contributed by atoms with Gasteiger partial charge in [-0.1, -0.05) is 11.8 Å². The molecule has 1 saturated heterocycles. The van der Waals surface area contributed by atoms with Crippen LogP contribution in [0.15, 0.2) is 11.4 Å². The van der Waals surface area contributed by atoms with E-state index in [0.717, 1.165) is 66.4 Å². The molecule has 0 saturated carbocycles. The quantitative estimate of drug-likeness (QED) is 0.571. The minimum Gasteiger partial charge on any atom is -0.348 e. The first kappa shape index (κ1) is 15.6. The molecule has 4 rings (SSSR count). The zero-order valence-corrected chi connectivity index (χ0v) is 14.4. The first-order chi connectivity index (χ1) is 11.8. The second kappa shape index (κ2) is 6.52. The molecule has 0 bridgehead atoms. The number of rotatable bonds is 3. The van der Waals surface area contributed by atoms with Crippen LogP contribution in [0.3, 0.4) is 0 Å². The van der Waals surface area contributed by atoms with Crippen molar-refractivity contribution >= 4 is 17.7 Å². The molecule has 7 nitrogen and oxygen atoms in total. The Morgan fingerprint density at radius 2 is 2.12 bits per heavy atom. The molecule has 3 heterocycles. The molecular weight excluding hydrogens is 324 g/mol. The fourth-order valence-corrected chi connectivity index (χ4v) is 3.69. The zero-order valence-electron chi connectivity index (χ0n) is 13.6. The molecule has 126 valence electrons. The zero-order chi connectivity index (χ0) is 16.5. The molecule has 0 aromatic carbocycles. The third-order valence-electron chi connectivity index (χ3n) is 4.66. The fraction of sp³-hybridized carbons (Fsp3) is 0.500. The Bertz CT molecular complexity index is 768. The molecule has 24 heavy (non-hydrogen) atoms. The summed E-state index contributed by atoms with van der Waals surface area (Å²) in [6, 6.07) is 0.235. The predicted molar refractivity (Wildman–Crippen MR) is 92.2 cm³/mol. The summed E-state index contributed by atoms with van der Waals surface area (Å²) in [5.74, 6) is -0.0572. The van der Waals surface area contributed by atoms with Gasteiger partial charge in [-0.15, -0.1) is 0 Å². The van der Waals surface area contributed by atoms with Crippen LogP contribution in [0.4, 0.5) is 0 Å². The number of carbonyl (C=O) groups excluding carboxylic acids is 1. The topological polar surface area (TPSA) is 95.6 Å². The average Bonchev–Trinajstić information content (AvgIpc) is 3.06. The standard InChI is InChI=1S/C16H20N6OS/c1-24-16-18-8-9-2-3-11-13(12(9)20-16)21-22-14(11)15(23)19-10-4-6-17-7-5-10/h8,10,17H,2-7H2,1H3,(H,19,23)(H,21,22). The Morgan fingerprint density at radius 1 is 1.29 bits per heavy atom. The molecule has 2 aromatic heterocycles. The number of thioether (sulfide) groups is 1. The Labute approximate surface area is 144 Å². The molecule has 1 amide bonds. The molecule has 2 aliphatic rings. The summed E-state index contributed by atoms with van der Waals surface area (Å²) in [6.45, 7) is 1.90. The van der Waals surface area contributed by atoms with Crippen molar-refractivity contribution in [2.24, 2.45) is 0 Å². The number of hydrogen-bond acceptors (Lipinski definition) is 6. The highest BCUT2D eigenvalue weighted by molar-refractivity contribution is 7.98. The Balaban J connectivity index is 1.61. The van der Waals surface area contributed by atoms with E-state index in [9.17, 15) is 4.79 Å². The molecule has 0 radical (unpaired) electrons. The third kappa shape index (κ3) is 2.80. The van der Waals surface area contributed by atoms with Crippen LogP contribution < -0.4 is 10.6 Å². The van der Waals surface area contributed by atoms with Crippen molar-refractivity contribution in [3.8, 4) is 11.4 Å². The molecule has 2 aromatic rings. The largest absolute Gasteiger partial charge is 0.348 e. The summed E-state index contributed by atoms with van der Waals surface area (Å²) >= 11 is 1.51. The van der Waals surface area contributed by atoms with E-state index in [-0.39, 0.29) is 11.9 Å². The lowest BCUT2D eigenvalue weighted by molar-refractivity contribution is 0.0923. The number of piperidine rings is 1. The van der Waals surface area contributed by atoms with Crippen molar-refractivity contribution in [3.05, 3.63) is 23.0 Å². The second-order valence-corrected chi connectivity index (χ2v) is 6.93. The second-order valence-electron chi connectivity index (χ2n) is 6.15. The van der Waals surface area contributed by atoms with Gasteiger partial charge in [0.1, 0.15) is 11.4 Å². The molecule has 0 spiro atoms. The molecule has 0 atom stereocenters. The number of nitrogens with zero attached hydrogens (tertiary/aromatic N) is 3. The number of carbonyl (C=O) groups is 1. The van der Waals surface area contributed by atoms with Gasteiger partial charge in [0.2, 0.25) is 0 Å². The van der Waals surface area contributed by atoms with Gasteiger partial charge in [0.25, 0.3) is 5.91 Å². The van der Waals surface area contributed by atoms with Crippen LogP contribution in [-0.2, 0) is 12.8 Å². The van der Waals surface area contributed by atoms with Crippen LogP contribution in [-0.4, -0.2) is 51.5 Å². The Morgan fingerprint density at radius 3 is 2.92 bits per heavy atom. The van der Waals surface area contributed by atoms with Crippen molar-refractivity contribution < 1.29 is 4.79 Å². The third-order valence-corrected chi connectivity index (χ3v) is 5.22. The molecule has 1 aliphatic heterocycles. The van der Waals surface area contributed by atoms with Crippen LogP contribution in [0.5, 0.6) is 0 Å². The predicted octanol–water partition coefficient (Wildman–Crippen LogP) is 1.17. The van der Waals surface area contributed by atoms with Crippen molar-refractivity contribution in [2.45, 2.75) is 36.9 Å². The lowest BCUT2D eigenvalue weighted by Gasteiger charge is -2.23. The van der Waals surface area contributed by atoms with E-state index in [0.29, 0.717) is 5.69 Å². The normalized spacial score (nSPS) is 17.2. The minimum atomic E-state index is -0.0572. The van der Waals surface area contributed by atoms with Crippen LogP contribution in [0.25, 0.3) is 11.4 Å². The lowest BCUT2D eigenvalue weighted by atomic mass is 9.93. The van der Waals surface area contributed by atoms with Crippen LogP contribution >= 0.6 is 11.8 Å². The number of fused-ring (bicyclic) bond motifs is 3. The average molecular weight is 344 g/mol. The maximum Gasteiger partial charge on any atom is 0.269 e. The van der Waals surface area contributed by atoms with Crippen LogP contribution in [0.1, 0.15) is 34.5 Å². The summed E-state index contributed by atoms with van der Waals surface area (Å²) in [5.41, 5.74) is 4.30. The summed E-state index contributed by atoms with van der Waals surface area (Å²) in [6.07, 6.45) is 7.39. The van der Waals surface area contributed by atoms with Gasteiger partial charge in [0.05, 0.1) is 5.69 Å². The lowest BCUT2D eigenvalue weighted by Crippen LogP contribution is -2.43. The van der Waals surface area contributed by atoms with Gasteiger partial charge >= 0.3 is 0 Å². The Kier molecular flexibility index (Phi) is 4.24. The molecule has 3 N–H and O–H groups in total. The fourth-order valence-electron chi connectivity index (χ4n) is 3.35.